The number of hydrogen-bond acceptors (Lipinski definition) is 17. The van der Waals surface area contributed by atoms with E-state index in [2.05, 4.69) is 46.7 Å². The van der Waals surface area contributed by atoms with E-state index in [9.17, 15) is 53.1 Å². The number of amides is 2. The van der Waals surface area contributed by atoms with Gasteiger partial charge in [0.15, 0.2) is 17.7 Å². The fourth-order valence-electron chi connectivity index (χ4n) is 4.31. The Kier molecular flexibility index (Phi) is 15.1. The minimum atomic E-state index is -5.55. The lowest BCUT2D eigenvalue weighted by molar-refractivity contribution is -0.137. The number of hydrogen-bond donors (Lipinski definition) is 9. The summed E-state index contributed by atoms with van der Waals surface area (Å²) in [7, 11) is -16.3. The van der Waals surface area contributed by atoms with Gasteiger partial charge in [-0.3, -0.25) is 27.7 Å². The number of nitrogens with one attached hydrogen (secondary N) is 2. The number of aliphatic hydroxyl groups is 2. The predicted octanol–water partition coefficient (Wildman–Crippen LogP) is -0.563. The number of thioether (sulfide) groups is 1. The Balaban J connectivity index is 1.55. The van der Waals surface area contributed by atoms with Crippen molar-refractivity contribution in [1.29, 1.82) is 0 Å². The minimum Gasteiger partial charge on any atom is -0.386 e. The molecule has 1 fully saturated rings. The van der Waals surface area contributed by atoms with Gasteiger partial charge in [0, 0.05) is 36.1 Å². The number of nitrogens with zero attached hydrogens (tertiary/aromatic N) is 4. The molecule has 23 nitrogen and oxygen atoms in total. The Morgan fingerprint density at radius 1 is 1.16 bits per heavy atom. The van der Waals surface area contributed by atoms with Crippen LogP contribution in [0.1, 0.15) is 26.5 Å². The second kappa shape index (κ2) is 18.0. The molecule has 2 amide bonds. The summed E-state index contributed by atoms with van der Waals surface area (Å²) < 4.78 is 61.9. The summed E-state index contributed by atoms with van der Waals surface area (Å²) in [5.41, 5.74) is 6.87. The molecule has 2 aromatic rings. The van der Waals surface area contributed by atoms with Crippen LogP contribution < -0.4 is 16.4 Å². The summed E-state index contributed by atoms with van der Waals surface area (Å²) in [5.74, 6) is -0.769. The largest absolute Gasteiger partial charge is 0.481 e. The molecule has 10 N–H and O–H groups in total. The van der Waals surface area contributed by atoms with Crippen molar-refractivity contribution in [3.8, 4) is 0 Å². The summed E-state index contributed by atoms with van der Waals surface area (Å²) in [4.78, 5) is 75.1. The van der Waals surface area contributed by atoms with Crippen LogP contribution in [-0.2, 0) is 45.9 Å². The van der Waals surface area contributed by atoms with Crippen molar-refractivity contribution in [3.63, 3.8) is 0 Å². The third-order valence-corrected chi connectivity index (χ3v) is 10.7. The Labute approximate surface area is 294 Å². The number of fused-ring (bicyclic) bond motifs is 1. The molecule has 3 heterocycles. The highest BCUT2D eigenvalue weighted by molar-refractivity contribution is 8.02. The number of ether oxygens (including phenoxy) is 1. The smallest absolute Gasteiger partial charge is 0.386 e. The summed E-state index contributed by atoms with van der Waals surface area (Å²) >= 11 is 1.39. The van der Waals surface area contributed by atoms with Gasteiger partial charge >= 0.3 is 23.5 Å². The summed E-state index contributed by atoms with van der Waals surface area (Å²) in [6.45, 7) is 4.17. The standard InChI is InChI=1S/C24H38N7O16P3S/c1-4-8-51-9-7-26-15(32)5-6-27-22(35)19(34)24(2,3)11-44-50(41,42)47-49(39,40)43-10-14-18(46-48(36,37)38)17(33)23(45-14)31-13-30-16-20(25)28-12-29-21(16)31/h8,12-14,17-19,23,33-34H,1,5-7,9-11H2,2-3H3,(H,26,32)(H,27,35)(H,39,40)(H,41,42)(H2,25,28,29)(H2,36,37,38)/t14-,17-,18-,19+,23-/m1/s1. The van der Waals surface area contributed by atoms with Crippen molar-refractivity contribution in [2.24, 2.45) is 5.41 Å². The van der Waals surface area contributed by atoms with E-state index in [1.165, 1.54) is 25.6 Å². The number of imidazole rings is 1. The van der Waals surface area contributed by atoms with E-state index in [-0.39, 0.29) is 35.9 Å². The first-order chi connectivity index (χ1) is 23.7. The van der Waals surface area contributed by atoms with Crippen LogP contribution in [0.25, 0.3) is 11.2 Å². The predicted molar refractivity (Wildman–Crippen MR) is 176 cm³/mol. The normalized spacial score (nSPS) is 22.4. The second-order valence-corrected chi connectivity index (χ2v) is 16.5. The van der Waals surface area contributed by atoms with Gasteiger partial charge in [-0.05, 0) is 0 Å². The van der Waals surface area contributed by atoms with Crippen molar-refractivity contribution >= 4 is 64.0 Å². The SMILES string of the molecule is C=C=CSCCNC(=O)CCNC(=O)[C@H](O)C(C)(C)COP(=O)(O)OP(=O)(O)OC[C@H]1O[C@@H](n2cnc3c(N)ncnc32)[C@H](O)[C@@H]1OP(=O)(O)O. The zero-order valence-corrected chi connectivity index (χ0v) is 30.5. The third kappa shape index (κ3) is 12.8. The van der Waals surface area contributed by atoms with Gasteiger partial charge in [-0.15, -0.1) is 17.5 Å². The molecule has 51 heavy (non-hydrogen) atoms. The van der Waals surface area contributed by atoms with Gasteiger partial charge in [0.1, 0.15) is 36.3 Å². The molecule has 0 saturated carbocycles. The van der Waals surface area contributed by atoms with Crippen LogP contribution in [-0.4, -0.2) is 118 Å². The number of aliphatic hydroxyl groups excluding tert-OH is 2. The first-order valence-corrected chi connectivity index (χ1v) is 20.1. The number of nitrogens with two attached hydrogens (primary N) is 1. The maximum absolute atomic E-state index is 12.6. The number of carbonyl (C=O) groups excluding carboxylic acids is 2. The number of nitrogen functional groups attached to an aromatic ring is 1. The fraction of sp³-hybridized carbons (Fsp3) is 0.583. The molecule has 1 aliphatic heterocycles. The highest BCUT2D eigenvalue weighted by Crippen LogP contribution is 2.61. The van der Waals surface area contributed by atoms with Gasteiger partial charge in [0.05, 0.1) is 19.5 Å². The van der Waals surface area contributed by atoms with Crippen molar-refractivity contribution in [2.75, 3.05) is 37.8 Å². The van der Waals surface area contributed by atoms with Crippen molar-refractivity contribution in [1.82, 2.24) is 30.2 Å². The molecule has 2 aromatic heterocycles. The van der Waals surface area contributed by atoms with Crippen molar-refractivity contribution in [3.05, 3.63) is 30.4 Å². The van der Waals surface area contributed by atoms with Gasteiger partial charge < -0.3 is 50.9 Å². The first-order valence-electron chi connectivity index (χ1n) is 14.5. The molecule has 27 heteroatoms. The van der Waals surface area contributed by atoms with E-state index in [4.69, 9.17) is 19.5 Å². The van der Waals surface area contributed by atoms with Gasteiger partial charge in [-0.25, -0.2) is 28.6 Å². The molecule has 286 valence electrons. The second-order valence-electron chi connectivity index (χ2n) is 11.3. The molecule has 0 radical (unpaired) electrons. The van der Waals surface area contributed by atoms with Crippen LogP contribution >= 0.6 is 35.2 Å². The van der Waals surface area contributed by atoms with Crippen molar-refractivity contribution < 1.29 is 75.7 Å². The Hall–Kier alpha value is -2.59. The zero-order valence-electron chi connectivity index (χ0n) is 27.0. The van der Waals surface area contributed by atoms with Crippen LogP contribution in [0.2, 0.25) is 0 Å². The number of rotatable bonds is 20. The molecule has 7 atom stereocenters. The highest BCUT2D eigenvalue weighted by atomic mass is 32.2. The summed E-state index contributed by atoms with van der Waals surface area (Å²) in [6, 6.07) is 0. The number of phosphoric acid groups is 3. The van der Waals surface area contributed by atoms with E-state index < -0.39 is 78.6 Å². The molecule has 0 bridgehead atoms. The summed E-state index contributed by atoms with van der Waals surface area (Å²) in [6.07, 6.45) is -6.77. The maximum Gasteiger partial charge on any atom is 0.481 e. The molecule has 3 rings (SSSR count). The van der Waals surface area contributed by atoms with Crippen LogP contribution in [0, 0.1) is 5.41 Å². The van der Waals surface area contributed by atoms with E-state index in [1.807, 2.05) is 0 Å². The summed E-state index contributed by atoms with van der Waals surface area (Å²) in [5, 5.41) is 27.9. The first kappa shape index (κ1) is 42.8. The molecular weight excluding hydrogens is 767 g/mol. The van der Waals surface area contributed by atoms with Gasteiger partial charge in [-0.1, -0.05) is 20.4 Å². The topological polar surface area (TPSA) is 347 Å². The quantitative estimate of drug-likeness (QED) is 0.0460. The molecule has 0 aromatic carbocycles. The lowest BCUT2D eigenvalue weighted by Gasteiger charge is -2.30. The maximum atomic E-state index is 12.6. The van der Waals surface area contributed by atoms with E-state index in [0.29, 0.717) is 12.3 Å². The molecule has 2 unspecified atom stereocenters. The van der Waals surface area contributed by atoms with Gasteiger partial charge in [0.2, 0.25) is 11.8 Å². The van der Waals surface area contributed by atoms with Crippen LogP contribution in [0.4, 0.5) is 5.82 Å². The Morgan fingerprint density at radius 3 is 2.51 bits per heavy atom. The van der Waals surface area contributed by atoms with Crippen LogP contribution in [0.15, 0.2) is 30.4 Å². The van der Waals surface area contributed by atoms with E-state index in [1.54, 1.807) is 5.41 Å². The van der Waals surface area contributed by atoms with Gasteiger partial charge in [0.25, 0.3) is 0 Å². The van der Waals surface area contributed by atoms with Crippen LogP contribution in [0.3, 0.4) is 0 Å². The average molecular weight is 806 g/mol. The molecular formula is C24H38N7O16P3S. The molecule has 1 aliphatic rings. The van der Waals surface area contributed by atoms with Gasteiger partial charge in [-0.2, -0.15) is 4.31 Å². The van der Waals surface area contributed by atoms with E-state index in [0.717, 1.165) is 17.2 Å². The lowest BCUT2D eigenvalue weighted by Crippen LogP contribution is -2.46. The highest BCUT2D eigenvalue weighted by Gasteiger charge is 2.50. The number of aromatic nitrogens is 4. The lowest BCUT2D eigenvalue weighted by atomic mass is 9.87. The fourth-order valence-corrected chi connectivity index (χ4v) is 7.59. The van der Waals surface area contributed by atoms with E-state index >= 15 is 0 Å². The third-order valence-electron chi connectivity index (χ3n) is 6.79. The molecule has 1 saturated heterocycles. The molecule has 0 aliphatic carbocycles. The number of anilines is 1. The molecule has 0 spiro atoms. The average Bonchev–Trinajstić information content (AvgIpc) is 3.58. The number of carbonyl (C=O) groups is 2. The monoisotopic (exact) mass is 805 g/mol. The number of phosphoric ester groups is 3. The Bertz CT molecular complexity index is 1740. The Morgan fingerprint density at radius 2 is 1.84 bits per heavy atom. The zero-order chi connectivity index (χ0) is 38.2. The van der Waals surface area contributed by atoms with Crippen LogP contribution in [0.5, 0.6) is 0 Å². The minimum absolute atomic E-state index is 0.0362. The van der Waals surface area contributed by atoms with Crippen molar-refractivity contribution in [2.45, 2.75) is 50.9 Å².